The van der Waals surface area contributed by atoms with E-state index in [1.807, 2.05) is 31.2 Å². The Hall–Kier alpha value is -4.08. The molecule has 0 atom stereocenters. The maximum atomic E-state index is 12.4. The molecule has 0 radical (unpaired) electrons. The molecule has 0 bridgehead atoms. The van der Waals surface area contributed by atoms with Gasteiger partial charge in [-0.25, -0.2) is 0 Å². The Morgan fingerprint density at radius 3 is 2.53 bits per heavy atom. The van der Waals surface area contributed by atoms with E-state index in [1.54, 1.807) is 0 Å². The van der Waals surface area contributed by atoms with Crippen molar-refractivity contribution in [2.45, 2.75) is 13.5 Å². The van der Waals surface area contributed by atoms with Gasteiger partial charge in [0.2, 0.25) is 0 Å². The highest BCUT2D eigenvalue weighted by Crippen LogP contribution is 2.30. The van der Waals surface area contributed by atoms with Crippen LogP contribution in [0.3, 0.4) is 0 Å². The van der Waals surface area contributed by atoms with E-state index in [1.165, 1.54) is 12.1 Å². The number of fused-ring (bicyclic) bond motifs is 1. The van der Waals surface area contributed by atoms with Crippen LogP contribution in [0.1, 0.15) is 31.8 Å². The molecule has 0 spiro atoms. The number of amides is 3. The van der Waals surface area contributed by atoms with Gasteiger partial charge >= 0.3 is 5.97 Å². The smallest absolute Gasteiger partial charge is 0.326 e. The van der Waals surface area contributed by atoms with Gasteiger partial charge < -0.3 is 10.1 Å². The van der Waals surface area contributed by atoms with Gasteiger partial charge in [-0.15, -0.1) is 0 Å². The normalized spacial score (nSPS) is 12.5. The van der Waals surface area contributed by atoms with E-state index in [2.05, 4.69) is 5.32 Å². The number of aryl methyl sites for hydroxylation is 1. The van der Waals surface area contributed by atoms with Gasteiger partial charge in [-0.2, -0.15) is 0 Å². The Balaban J connectivity index is 1.55. The van der Waals surface area contributed by atoms with Crippen molar-refractivity contribution < 1.29 is 28.8 Å². The molecule has 0 unspecified atom stereocenters. The minimum Gasteiger partial charge on any atom is -0.454 e. The molecule has 0 fully saturated rings. The fraction of sp³-hybridized carbons (Fsp3) is 0.200. The molecule has 0 saturated heterocycles. The van der Waals surface area contributed by atoms with E-state index in [0.717, 1.165) is 17.2 Å². The lowest BCUT2D eigenvalue weighted by Gasteiger charge is -2.13. The van der Waals surface area contributed by atoms with Crippen molar-refractivity contribution in [1.82, 2.24) is 10.2 Å². The van der Waals surface area contributed by atoms with Crippen LogP contribution < -0.4 is 5.32 Å². The molecule has 1 aliphatic heterocycles. The molecule has 0 aromatic heterocycles. The molecule has 0 aliphatic carbocycles. The lowest BCUT2D eigenvalue weighted by molar-refractivity contribution is -0.385. The first-order chi connectivity index (χ1) is 14.3. The number of carbonyl (C=O) groups is 4. The summed E-state index contributed by atoms with van der Waals surface area (Å²) in [4.78, 5) is 59.5. The Kier molecular flexibility index (Phi) is 5.86. The highest BCUT2D eigenvalue weighted by atomic mass is 16.6. The predicted molar refractivity (Wildman–Crippen MR) is 102 cm³/mol. The van der Waals surface area contributed by atoms with Crippen molar-refractivity contribution in [2.24, 2.45) is 0 Å². The van der Waals surface area contributed by atoms with Crippen LogP contribution in [0.15, 0.2) is 42.5 Å². The second-order valence-electron chi connectivity index (χ2n) is 6.52. The molecular weight excluding hydrogens is 394 g/mol. The van der Waals surface area contributed by atoms with E-state index in [0.29, 0.717) is 4.90 Å². The number of nitro benzene ring substituents is 1. The maximum Gasteiger partial charge on any atom is 0.326 e. The van der Waals surface area contributed by atoms with Crippen LogP contribution in [0.2, 0.25) is 0 Å². The number of nitrogens with one attached hydrogen (secondary N) is 1. The summed E-state index contributed by atoms with van der Waals surface area (Å²) in [6.45, 7) is 0.807. The lowest BCUT2D eigenvalue weighted by atomic mass is 10.1. The van der Waals surface area contributed by atoms with Gasteiger partial charge in [0.05, 0.1) is 10.5 Å². The number of nitro groups is 1. The van der Waals surface area contributed by atoms with Crippen molar-refractivity contribution in [2.75, 3.05) is 13.2 Å². The van der Waals surface area contributed by atoms with Crippen molar-refractivity contribution in [3.8, 4) is 0 Å². The zero-order valence-electron chi connectivity index (χ0n) is 15.9. The minimum absolute atomic E-state index is 0.155. The molecule has 154 valence electrons. The van der Waals surface area contributed by atoms with E-state index < -0.39 is 47.5 Å². The third kappa shape index (κ3) is 4.17. The van der Waals surface area contributed by atoms with Crippen molar-refractivity contribution in [1.29, 1.82) is 0 Å². The molecule has 1 N–H and O–H groups in total. The zero-order valence-corrected chi connectivity index (χ0v) is 15.9. The molecule has 10 nitrogen and oxygen atoms in total. The van der Waals surface area contributed by atoms with Gasteiger partial charge in [0.15, 0.2) is 6.61 Å². The number of hydrogen-bond acceptors (Lipinski definition) is 7. The summed E-state index contributed by atoms with van der Waals surface area (Å²) in [5, 5.41) is 13.7. The van der Waals surface area contributed by atoms with Gasteiger partial charge in [-0.05, 0) is 24.1 Å². The first-order valence-electron chi connectivity index (χ1n) is 8.90. The highest BCUT2D eigenvalue weighted by molar-refractivity contribution is 6.24. The standard InChI is InChI=1S/C20H17N3O7/c1-12-5-2-3-6-13(12)9-21-16(24)11-30-17(25)10-22-19(26)14-7-4-8-15(23(28)29)18(14)20(22)27/h2-8H,9-11H2,1H3,(H,21,24). The van der Waals surface area contributed by atoms with E-state index >= 15 is 0 Å². The number of hydrogen-bond donors (Lipinski definition) is 1. The number of rotatable bonds is 7. The number of benzene rings is 2. The molecular formula is C20H17N3O7. The molecule has 2 aromatic carbocycles. The third-order valence-electron chi connectivity index (χ3n) is 4.56. The molecule has 1 heterocycles. The Labute approximate surface area is 170 Å². The minimum atomic E-state index is -0.988. The highest BCUT2D eigenvalue weighted by Gasteiger charge is 2.41. The van der Waals surface area contributed by atoms with E-state index in [4.69, 9.17) is 4.74 Å². The Morgan fingerprint density at radius 2 is 1.83 bits per heavy atom. The molecule has 3 amide bonds. The lowest BCUT2D eigenvalue weighted by Crippen LogP contribution is -2.37. The molecule has 2 aromatic rings. The SMILES string of the molecule is Cc1ccccc1CNC(=O)COC(=O)CN1C(=O)c2cccc([N+](=O)[O-])c2C1=O. The molecule has 3 rings (SSSR count). The van der Waals surface area contributed by atoms with Crippen LogP contribution >= 0.6 is 0 Å². The maximum absolute atomic E-state index is 12.4. The Bertz CT molecular complexity index is 1060. The first-order valence-corrected chi connectivity index (χ1v) is 8.90. The second kappa shape index (κ2) is 8.52. The third-order valence-corrected chi connectivity index (χ3v) is 4.56. The van der Waals surface area contributed by atoms with Crippen LogP contribution in [0.4, 0.5) is 5.69 Å². The fourth-order valence-electron chi connectivity index (χ4n) is 2.99. The van der Waals surface area contributed by atoms with E-state index in [-0.39, 0.29) is 17.7 Å². The summed E-state index contributed by atoms with van der Waals surface area (Å²) in [6, 6.07) is 11.1. The molecule has 0 saturated carbocycles. The van der Waals surface area contributed by atoms with Crippen molar-refractivity contribution >= 4 is 29.4 Å². The topological polar surface area (TPSA) is 136 Å². The summed E-state index contributed by atoms with van der Waals surface area (Å²) in [5.74, 6) is -3.33. The zero-order chi connectivity index (χ0) is 21.8. The summed E-state index contributed by atoms with van der Waals surface area (Å²) >= 11 is 0. The fourth-order valence-corrected chi connectivity index (χ4v) is 2.99. The number of esters is 1. The first kappa shape index (κ1) is 20.6. The number of imide groups is 1. The van der Waals surface area contributed by atoms with Crippen molar-refractivity contribution in [3.05, 3.63) is 74.8 Å². The van der Waals surface area contributed by atoms with Crippen LogP contribution in [0.25, 0.3) is 0 Å². The van der Waals surface area contributed by atoms with Crippen LogP contribution in [-0.4, -0.2) is 46.7 Å². The van der Waals surface area contributed by atoms with Gasteiger partial charge in [0.1, 0.15) is 12.1 Å². The monoisotopic (exact) mass is 411 g/mol. The number of nitrogens with zero attached hydrogens (tertiary/aromatic N) is 2. The van der Waals surface area contributed by atoms with Gasteiger partial charge in [0, 0.05) is 12.6 Å². The van der Waals surface area contributed by atoms with Gasteiger partial charge in [-0.3, -0.25) is 34.2 Å². The average molecular weight is 411 g/mol. The molecule has 30 heavy (non-hydrogen) atoms. The van der Waals surface area contributed by atoms with E-state index in [9.17, 15) is 29.3 Å². The summed E-state index contributed by atoms with van der Waals surface area (Å²) in [5.41, 5.74) is 0.867. The Morgan fingerprint density at radius 1 is 1.10 bits per heavy atom. The molecule has 10 heteroatoms. The van der Waals surface area contributed by atoms with Crippen LogP contribution in [-0.2, 0) is 20.9 Å². The van der Waals surface area contributed by atoms with Gasteiger partial charge in [0.25, 0.3) is 23.4 Å². The predicted octanol–water partition coefficient (Wildman–Crippen LogP) is 1.36. The van der Waals surface area contributed by atoms with Crippen LogP contribution in [0, 0.1) is 17.0 Å². The summed E-state index contributed by atoms with van der Waals surface area (Å²) in [6.07, 6.45) is 0. The molecule has 1 aliphatic rings. The van der Waals surface area contributed by atoms with Crippen LogP contribution in [0.5, 0.6) is 0 Å². The van der Waals surface area contributed by atoms with Crippen molar-refractivity contribution in [3.63, 3.8) is 0 Å². The number of ether oxygens (including phenoxy) is 1. The van der Waals surface area contributed by atoms with Gasteiger partial charge in [-0.1, -0.05) is 30.3 Å². The summed E-state index contributed by atoms with van der Waals surface area (Å²) in [7, 11) is 0. The quantitative estimate of drug-likeness (QED) is 0.314. The summed E-state index contributed by atoms with van der Waals surface area (Å²) < 4.78 is 4.83. The average Bonchev–Trinajstić information content (AvgIpc) is 2.96. The largest absolute Gasteiger partial charge is 0.454 e. The number of carbonyl (C=O) groups excluding carboxylic acids is 4. The second-order valence-corrected chi connectivity index (χ2v) is 6.52.